The van der Waals surface area contributed by atoms with E-state index in [1.807, 2.05) is 0 Å². The molecule has 0 unspecified atom stereocenters. The van der Waals surface area contributed by atoms with Crippen molar-refractivity contribution in [2.24, 2.45) is 0 Å². The van der Waals surface area contributed by atoms with Crippen molar-refractivity contribution in [1.82, 2.24) is 0 Å². The molecule has 0 radical (unpaired) electrons. The van der Waals surface area contributed by atoms with Gasteiger partial charge in [0.15, 0.2) is 0 Å². The molecular formula is C10H18O4. The van der Waals surface area contributed by atoms with Crippen molar-refractivity contribution < 1.29 is 19.1 Å². The Kier molecular flexibility index (Phi) is 8.13. The number of carbonyl (C=O) groups is 2. The molecule has 1 saturated heterocycles. The molecule has 82 valence electrons. The van der Waals surface area contributed by atoms with Gasteiger partial charge in [0.2, 0.25) is 0 Å². The van der Waals surface area contributed by atoms with Crippen molar-refractivity contribution in [2.45, 2.75) is 33.1 Å². The maximum Gasteiger partial charge on any atom is 0.313 e. The van der Waals surface area contributed by atoms with Gasteiger partial charge in [-0.2, -0.15) is 0 Å². The third-order valence-electron chi connectivity index (χ3n) is 1.53. The lowest BCUT2D eigenvalue weighted by molar-refractivity contribution is -0.145. The fourth-order valence-electron chi connectivity index (χ4n) is 0.926. The van der Waals surface area contributed by atoms with Crippen LogP contribution >= 0.6 is 0 Å². The van der Waals surface area contributed by atoms with Gasteiger partial charge in [-0.15, -0.1) is 0 Å². The summed E-state index contributed by atoms with van der Waals surface area (Å²) in [7, 11) is 0. The van der Waals surface area contributed by atoms with Crippen LogP contribution in [0.2, 0.25) is 0 Å². The average Bonchev–Trinajstić information content (AvgIpc) is 2.59. The molecule has 4 nitrogen and oxygen atoms in total. The normalized spacial score (nSPS) is 14.1. The Hall–Kier alpha value is -0.900. The van der Waals surface area contributed by atoms with Crippen LogP contribution in [0.3, 0.4) is 0 Å². The molecule has 0 atom stereocenters. The maximum atomic E-state index is 10.4. The van der Waals surface area contributed by atoms with Crippen LogP contribution in [0, 0.1) is 0 Å². The number of Topliss-reactive ketones (excluding diaryl/α,β-unsaturated/α-hetero) is 1. The van der Waals surface area contributed by atoms with Crippen LogP contribution in [0.1, 0.15) is 33.1 Å². The average molecular weight is 202 g/mol. The quantitative estimate of drug-likeness (QED) is 0.511. The van der Waals surface area contributed by atoms with Gasteiger partial charge < -0.3 is 9.47 Å². The molecule has 0 bridgehead atoms. The fourth-order valence-corrected chi connectivity index (χ4v) is 0.926. The molecule has 0 aliphatic carbocycles. The predicted molar refractivity (Wildman–Crippen MR) is 52.0 cm³/mol. The minimum absolute atomic E-state index is 0.103. The van der Waals surface area contributed by atoms with E-state index >= 15 is 0 Å². The lowest BCUT2D eigenvalue weighted by atomic mass is 10.3. The summed E-state index contributed by atoms with van der Waals surface area (Å²) in [5.74, 6) is -0.599. The summed E-state index contributed by atoms with van der Waals surface area (Å²) in [6, 6.07) is 0. The van der Waals surface area contributed by atoms with Gasteiger partial charge in [-0.3, -0.25) is 9.59 Å². The summed E-state index contributed by atoms with van der Waals surface area (Å²) < 4.78 is 9.44. The van der Waals surface area contributed by atoms with Gasteiger partial charge >= 0.3 is 5.97 Å². The Morgan fingerprint density at radius 2 is 1.86 bits per heavy atom. The Morgan fingerprint density at radius 1 is 1.29 bits per heavy atom. The van der Waals surface area contributed by atoms with Gasteiger partial charge in [0.05, 0.1) is 6.61 Å². The lowest BCUT2D eigenvalue weighted by Gasteiger charge is -1.96. The molecule has 1 aliphatic heterocycles. The van der Waals surface area contributed by atoms with E-state index in [1.54, 1.807) is 6.92 Å². The summed E-state index contributed by atoms with van der Waals surface area (Å²) in [5.41, 5.74) is 0. The molecule has 0 amide bonds. The second-order valence-electron chi connectivity index (χ2n) is 3.00. The van der Waals surface area contributed by atoms with E-state index in [0.29, 0.717) is 6.61 Å². The van der Waals surface area contributed by atoms with E-state index in [1.165, 1.54) is 19.8 Å². The van der Waals surface area contributed by atoms with Gasteiger partial charge in [-0.1, -0.05) is 0 Å². The second kappa shape index (κ2) is 8.69. The molecule has 1 heterocycles. The standard InChI is InChI=1S/C6H10O3.C4H8O/c1-3-9-6(8)4-5(2)7;1-2-4-5-3-1/h3-4H2,1-2H3;1-4H2. The van der Waals surface area contributed by atoms with Gasteiger partial charge in [0.25, 0.3) is 0 Å². The van der Waals surface area contributed by atoms with E-state index in [2.05, 4.69) is 4.74 Å². The number of ketones is 1. The summed E-state index contributed by atoms with van der Waals surface area (Å²) in [6.07, 6.45) is 2.45. The monoisotopic (exact) mass is 202 g/mol. The van der Waals surface area contributed by atoms with Crippen molar-refractivity contribution in [1.29, 1.82) is 0 Å². The second-order valence-corrected chi connectivity index (χ2v) is 3.00. The largest absolute Gasteiger partial charge is 0.466 e. The zero-order valence-corrected chi connectivity index (χ0v) is 8.88. The van der Waals surface area contributed by atoms with E-state index in [-0.39, 0.29) is 12.2 Å². The van der Waals surface area contributed by atoms with Gasteiger partial charge in [0, 0.05) is 13.2 Å². The maximum absolute atomic E-state index is 10.4. The van der Waals surface area contributed by atoms with Crippen LogP contribution < -0.4 is 0 Å². The van der Waals surface area contributed by atoms with Gasteiger partial charge in [-0.05, 0) is 26.7 Å². The third-order valence-corrected chi connectivity index (χ3v) is 1.53. The van der Waals surface area contributed by atoms with Crippen molar-refractivity contribution in [2.75, 3.05) is 19.8 Å². The molecule has 14 heavy (non-hydrogen) atoms. The molecular weight excluding hydrogens is 184 g/mol. The third kappa shape index (κ3) is 9.19. The zero-order valence-electron chi connectivity index (χ0n) is 8.88. The van der Waals surface area contributed by atoms with E-state index < -0.39 is 5.97 Å². The SMILES string of the molecule is C1CCOC1.CCOC(=O)CC(C)=O. The topological polar surface area (TPSA) is 52.6 Å². The fraction of sp³-hybridized carbons (Fsp3) is 0.800. The Bertz CT molecular complexity index is 165. The van der Waals surface area contributed by atoms with Crippen LogP contribution in [0.4, 0.5) is 0 Å². The van der Waals surface area contributed by atoms with Crippen molar-refractivity contribution in [3.05, 3.63) is 0 Å². The number of ether oxygens (including phenoxy) is 2. The summed E-state index contributed by atoms with van der Waals surface area (Å²) in [4.78, 5) is 20.6. The Labute approximate surface area is 84.6 Å². The molecule has 0 saturated carbocycles. The highest BCUT2D eigenvalue weighted by Crippen LogP contribution is 1.98. The lowest BCUT2D eigenvalue weighted by Crippen LogP contribution is -2.07. The minimum Gasteiger partial charge on any atom is -0.466 e. The van der Waals surface area contributed by atoms with Gasteiger partial charge in [0.1, 0.15) is 12.2 Å². The highest BCUT2D eigenvalue weighted by atomic mass is 16.5. The van der Waals surface area contributed by atoms with Crippen LogP contribution in [-0.2, 0) is 19.1 Å². The first-order chi connectivity index (χ1) is 6.66. The minimum atomic E-state index is -0.440. The first-order valence-corrected chi connectivity index (χ1v) is 4.89. The Balaban J connectivity index is 0.000000280. The van der Waals surface area contributed by atoms with Crippen molar-refractivity contribution in [3.63, 3.8) is 0 Å². The molecule has 1 aliphatic rings. The molecule has 4 heteroatoms. The summed E-state index contributed by atoms with van der Waals surface area (Å²) >= 11 is 0. The van der Waals surface area contributed by atoms with E-state index in [0.717, 1.165) is 13.2 Å². The number of hydrogen-bond donors (Lipinski definition) is 0. The molecule has 0 N–H and O–H groups in total. The van der Waals surface area contributed by atoms with Crippen LogP contribution in [-0.4, -0.2) is 31.6 Å². The molecule has 0 spiro atoms. The molecule has 1 rings (SSSR count). The summed E-state index contributed by atoms with van der Waals surface area (Å²) in [6.45, 7) is 5.40. The van der Waals surface area contributed by atoms with Crippen LogP contribution in [0.5, 0.6) is 0 Å². The molecule has 1 fully saturated rings. The predicted octanol–water partition coefficient (Wildman–Crippen LogP) is 1.33. The van der Waals surface area contributed by atoms with Gasteiger partial charge in [-0.25, -0.2) is 0 Å². The van der Waals surface area contributed by atoms with E-state index in [4.69, 9.17) is 4.74 Å². The first kappa shape index (κ1) is 13.1. The number of carbonyl (C=O) groups excluding carboxylic acids is 2. The zero-order chi connectivity index (χ0) is 10.8. The first-order valence-electron chi connectivity index (χ1n) is 4.89. The number of rotatable bonds is 3. The van der Waals surface area contributed by atoms with Crippen LogP contribution in [0.15, 0.2) is 0 Å². The highest BCUT2D eigenvalue weighted by molar-refractivity contribution is 5.94. The van der Waals surface area contributed by atoms with Crippen molar-refractivity contribution in [3.8, 4) is 0 Å². The van der Waals surface area contributed by atoms with Crippen molar-refractivity contribution >= 4 is 11.8 Å². The smallest absolute Gasteiger partial charge is 0.313 e. The number of esters is 1. The Morgan fingerprint density at radius 3 is 2.14 bits per heavy atom. The molecule has 0 aromatic carbocycles. The summed E-state index contributed by atoms with van der Waals surface area (Å²) in [5, 5.41) is 0. The van der Waals surface area contributed by atoms with Crippen LogP contribution in [0.25, 0.3) is 0 Å². The van der Waals surface area contributed by atoms with E-state index in [9.17, 15) is 9.59 Å². The highest BCUT2D eigenvalue weighted by Gasteiger charge is 2.03. The molecule has 0 aromatic heterocycles. The number of hydrogen-bond acceptors (Lipinski definition) is 4. The molecule has 0 aromatic rings.